The van der Waals surface area contributed by atoms with Gasteiger partial charge in [0.15, 0.2) is 46.4 Å². The van der Waals surface area contributed by atoms with Crippen LogP contribution in [0.2, 0.25) is 5.02 Å². The van der Waals surface area contributed by atoms with Crippen molar-refractivity contribution in [1.29, 1.82) is 0 Å². The normalized spacial score (nSPS) is 22.3. The van der Waals surface area contributed by atoms with E-state index in [1.54, 1.807) is 123 Å². The number of carbonyl (C=O) groups excluding carboxylic acids is 6. The van der Waals surface area contributed by atoms with Gasteiger partial charge in [-0.15, -0.1) is 0 Å². The number of ether oxygens (including phenoxy) is 1. The zero-order valence-electron chi connectivity index (χ0n) is 85.2. The number of aliphatic imine (C=N–C) groups is 5. The van der Waals surface area contributed by atoms with E-state index < -0.39 is 39.3 Å². The summed E-state index contributed by atoms with van der Waals surface area (Å²) in [6, 6.07) is 69.7. The Kier molecular flexibility index (Phi) is 34.6. The summed E-state index contributed by atoms with van der Waals surface area (Å²) in [4.78, 5) is 127. The van der Waals surface area contributed by atoms with Crippen molar-refractivity contribution in [1.82, 2.24) is 34.4 Å². The van der Waals surface area contributed by atoms with Crippen LogP contribution in [0.1, 0.15) is 232 Å². The summed E-state index contributed by atoms with van der Waals surface area (Å²) in [5.74, 6) is 3.44. The summed E-state index contributed by atoms with van der Waals surface area (Å²) in [6.07, 6.45) is 38.4. The molecule has 5 fully saturated rings. The van der Waals surface area contributed by atoms with Crippen molar-refractivity contribution in [2.45, 2.75) is 227 Å². The minimum atomic E-state index is -1.36. The highest BCUT2D eigenvalue weighted by Gasteiger charge is 2.55. The minimum absolute atomic E-state index is 0.0975. The fraction of sp³-hybridized carbons (Fsp3) is 0.407. The number of guanidine groups is 5. The molecule has 0 radical (unpaired) electrons. The molecular formula is C118H137ClF2N18O9. The van der Waals surface area contributed by atoms with Crippen LogP contribution < -0.4 is 33.4 Å². The predicted octanol–water partition coefficient (Wildman–Crippen LogP) is 20.5. The third-order valence-corrected chi connectivity index (χ3v) is 31.6. The highest BCUT2D eigenvalue weighted by atomic mass is 35.5. The van der Waals surface area contributed by atoms with Crippen LogP contribution in [-0.4, -0.2) is 170 Å². The van der Waals surface area contributed by atoms with Crippen molar-refractivity contribution in [3.05, 3.63) is 315 Å². The van der Waals surface area contributed by atoms with Crippen LogP contribution in [0.4, 0.5) is 14.5 Å². The lowest BCUT2D eigenvalue weighted by Gasteiger charge is -2.33. The molecular weight excluding hydrogens is 1890 g/mol. The van der Waals surface area contributed by atoms with Crippen LogP contribution in [-0.2, 0) is 51.8 Å². The SMILES string of the molecule is CN1C(=O)C(c2ccccc2)(c2ccc(F)c(-c3cccnc3)c2)N=C1N.CN1C(=O)C(c2ccccc2)(c2cccc(-c3cccc(Cl)c3)c2)N=C1N.COc1cccc(-c2cc(C3(c4ccccc4)N=C(N)N(C)C3=O)ccc2F)c1.NC1=N[C@](CCC2CCCCC2)(CC2CCCCC2)C(=O)N1CCCN1CCCC1=O.NC1=N[C@](CCC2CCCCC2)(CC2CCCCC2)C(=O)N1CCCc1ccc([N+](=O)[O-])cc1. The first-order chi connectivity index (χ1) is 71.6. The number of carbonyl (C=O) groups is 6. The highest BCUT2D eigenvalue weighted by molar-refractivity contribution is 6.31. The van der Waals surface area contributed by atoms with Crippen LogP contribution in [0.15, 0.2) is 274 Å². The van der Waals surface area contributed by atoms with Crippen molar-refractivity contribution in [3.63, 3.8) is 0 Å². The van der Waals surface area contributed by atoms with Crippen LogP contribution in [0.3, 0.4) is 0 Å². The van der Waals surface area contributed by atoms with Crippen LogP contribution >= 0.6 is 11.6 Å². The maximum atomic E-state index is 14.8. The summed E-state index contributed by atoms with van der Waals surface area (Å²) >= 11 is 6.15. The van der Waals surface area contributed by atoms with E-state index in [1.807, 2.05) is 144 Å². The number of likely N-dealkylation sites (N-methyl/N-ethyl adjacent to an activating group) is 3. The summed E-state index contributed by atoms with van der Waals surface area (Å²) in [7, 11) is 6.36. The molecule has 774 valence electrons. The molecule has 6 amide bonds. The Morgan fingerprint density at radius 2 is 0.811 bits per heavy atom. The van der Waals surface area contributed by atoms with Gasteiger partial charge in [0.1, 0.15) is 28.5 Å². The average Bonchev–Trinajstić information content (AvgIpc) is 1.56. The zero-order chi connectivity index (χ0) is 104. The standard InChI is InChI=1S/C27H40N4O3.C25H42N4O2.C23H20FN3O2.C22H18ClN3O.C21H17FN4O/c28-26-29-27(20-23-10-5-2-6-11-23,18-17-21-8-3-1-4-9-21)25(32)30(26)19-7-12-22-13-15-24(16-14-22)31(33)34;26-24-27-25(19-21-11-5-2-6-12-21,15-14-20-9-3-1-4-10-20)23(31)29(24)18-8-17-28-16-7-13-22(28)30;1-27-21(28)23(26-22(27)25,16-8-4-3-5-9-16)17-11-12-20(24)19(14-17)15-7-6-10-18(13-15)29-2;1-26-20(27)22(25-21(26)24,17-9-3-2-4-10-17)18-11-5-7-15(13-18)16-8-6-12-19(23)14-16;1-26-19(27)21(25-20(26)23,15-7-3-2-4-8-15)16-9-10-18(22)17(12-16)14-6-5-11-24-13-14/h13-16,21,23H,1-12,17-20H2,(H2,28,29);20-21H,1-19H2,(H2,26,27);3-14H,1-2H3,(H2,25,26);2-14H,1H3,(H2,24,25);2-13H,1H3,(H2,23,25)/t27-;25-;;;/m11.../s1. The van der Waals surface area contributed by atoms with Gasteiger partial charge in [0.25, 0.3) is 35.2 Å². The van der Waals surface area contributed by atoms with E-state index >= 15 is 0 Å². The molecule has 4 saturated carbocycles. The van der Waals surface area contributed by atoms with Gasteiger partial charge in [-0.2, -0.15) is 0 Å². The number of nitro benzene ring substituents is 1. The van der Waals surface area contributed by atoms with E-state index in [9.17, 15) is 47.7 Å². The van der Waals surface area contributed by atoms with E-state index in [4.69, 9.17) is 55.0 Å². The smallest absolute Gasteiger partial charge is 0.269 e. The fourth-order valence-electron chi connectivity index (χ4n) is 23.2. The second-order valence-corrected chi connectivity index (χ2v) is 41.4. The lowest BCUT2D eigenvalue weighted by molar-refractivity contribution is -0.384. The quantitative estimate of drug-likeness (QED) is 0.0215. The van der Waals surface area contributed by atoms with E-state index in [1.165, 1.54) is 167 Å². The number of amides is 6. The molecule has 6 aliphatic heterocycles. The first-order valence-corrected chi connectivity index (χ1v) is 52.9. The number of aryl methyl sites for hydroxylation is 1. The van der Waals surface area contributed by atoms with Crippen molar-refractivity contribution in [2.24, 2.45) is 77.3 Å². The Balaban J connectivity index is 0.000000132. The molecule has 9 aromatic carbocycles. The van der Waals surface area contributed by atoms with Crippen molar-refractivity contribution in [2.75, 3.05) is 54.4 Å². The Morgan fingerprint density at radius 1 is 0.405 bits per heavy atom. The van der Waals surface area contributed by atoms with Gasteiger partial charge in [-0.1, -0.05) is 304 Å². The number of hydrogen-bond acceptors (Lipinski definition) is 20. The van der Waals surface area contributed by atoms with Gasteiger partial charge in [0.2, 0.25) is 5.91 Å². The van der Waals surface area contributed by atoms with Gasteiger partial charge in [-0.25, -0.2) is 33.7 Å². The molecule has 1 aromatic heterocycles. The molecule has 0 spiro atoms. The number of rotatable bonds is 29. The van der Waals surface area contributed by atoms with E-state index in [-0.39, 0.29) is 63.9 Å². The first-order valence-electron chi connectivity index (χ1n) is 52.5. The predicted molar refractivity (Wildman–Crippen MR) is 578 cm³/mol. The molecule has 10 N–H and O–H groups in total. The topological polar surface area (TPSA) is 379 Å². The number of benzene rings is 9. The number of methoxy groups -OCH3 is 1. The molecule has 20 rings (SSSR count). The number of likely N-dealkylation sites (tertiary alicyclic amines) is 1. The lowest BCUT2D eigenvalue weighted by atomic mass is 9.75. The molecule has 148 heavy (non-hydrogen) atoms. The monoisotopic (exact) mass is 2020 g/mol. The molecule has 5 atom stereocenters. The molecule has 4 aliphatic carbocycles. The number of pyridine rings is 1. The summed E-state index contributed by atoms with van der Waals surface area (Å²) in [5, 5.41) is 11.5. The van der Waals surface area contributed by atoms with E-state index in [0.717, 1.165) is 110 Å². The molecule has 3 unspecified atom stereocenters. The van der Waals surface area contributed by atoms with Gasteiger partial charge in [-0.05, 0) is 204 Å². The maximum Gasteiger partial charge on any atom is 0.269 e. The number of nitrogens with two attached hydrogens (primary N) is 5. The fourth-order valence-corrected chi connectivity index (χ4v) is 23.4. The number of aromatic nitrogens is 1. The number of nitrogens with zero attached hydrogens (tertiary/aromatic N) is 13. The molecule has 10 aromatic rings. The Morgan fingerprint density at radius 3 is 1.22 bits per heavy atom. The molecule has 0 bridgehead atoms. The second kappa shape index (κ2) is 48.1. The first kappa shape index (κ1) is 106. The molecule has 30 heteroatoms. The minimum Gasteiger partial charge on any atom is -0.497 e. The number of non-ortho nitro benzene ring substituents is 1. The summed E-state index contributed by atoms with van der Waals surface area (Å²) in [5.41, 5.74) is 34.5. The molecule has 10 aliphatic rings. The van der Waals surface area contributed by atoms with Gasteiger partial charge < -0.3 is 38.3 Å². The average molecular weight is 2020 g/mol. The van der Waals surface area contributed by atoms with Crippen molar-refractivity contribution in [3.8, 4) is 39.1 Å². The van der Waals surface area contributed by atoms with Crippen LogP contribution in [0.25, 0.3) is 33.4 Å². The Bertz CT molecular complexity index is 6540. The summed E-state index contributed by atoms with van der Waals surface area (Å²) < 4.78 is 34.6. The number of hydrogen-bond donors (Lipinski definition) is 5. The van der Waals surface area contributed by atoms with Gasteiger partial charge in [-0.3, -0.25) is 68.4 Å². The van der Waals surface area contributed by atoms with Crippen molar-refractivity contribution < 1.29 is 47.2 Å². The number of halogens is 3. The van der Waals surface area contributed by atoms with Gasteiger partial charge in [0.05, 0.1) is 12.0 Å². The molecule has 7 heterocycles. The third-order valence-electron chi connectivity index (χ3n) is 31.4. The van der Waals surface area contributed by atoms with Crippen LogP contribution in [0.5, 0.6) is 5.75 Å². The second-order valence-electron chi connectivity index (χ2n) is 41.0. The van der Waals surface area contributed by atoms with Crippen molar-refractivity contribution >= 4 is 82.5 Å². The van der Waals surface area contributed by atoms with E-state index in [0.29, 0.717) is 105 Å². The van der Waals surface area contributed by atoms with E-state index in [2.05, 4.69) is 20.0 Å². The maximum absolute atomic E-state index is 14.8. The zero-order valence-corrected chi connectivity index (χ0v) is 86.0. The molecule has 27 nitrogen and oxygen atoms in total. The number of nitro groups is 1. The lowest BCUT2D eigenvalue weighted by Crippen LogP contribution is -2.46. The summed E-state index contributed by atoms with van der Waals surface area (Å²) in [6.45, 7) is 2.69. The highest BCUT2D eigenvalue weighted by Crippen LogP contribution is 2.49. The third kappa shape index (κ3) is 23.6. The van der Waals surface area contributed by atoms with Crippen LogP contribution in [0, 0.1) is 45.4 Å². The Hall–Kier alpha value is -14.4. The Labute approximate surface area is 871 Å². The van der Waals surface area contributed by atoms with Gasteiger partial charge in [0, 0.05) is 100.0 Å². The largest absolute Gasteiger partial charge is 0.497 e. The van der Waals surface area contributed by atoms with Gasteiger partial charge >= 0.3 is 0 Å². The molecule has 1 saturated heterocycles.